The Morgan fingerprint density at radius 1 is 1.18 bits per heavy atom. The molecule has 2 heterocycles. The molecule has 1 fully saturated rings. The van der Waals surface area contributed by atoms with E-state index in [-0.39, 0.29) is 33.9 Å². The Hall–Kier alpha value is -1.83. The first-order valence-corrected chi connectivity index (χ1v) is 11.2. The third-order valence-electron chi connectivity index (χ3n) is 4.85. The van der Waals surface area contributed by atoms with Gasteiger partial charge in [-0.2, -0.15) is 0 Å². The van der Waals surface area contributed by atoms with Gasteiger partial charge < -0.3 is 9.30 Å². The van der Waals surface area contributed by atoms with Gasteiger partial charge in [0.15, 0.2) is 16.4 Å². The summed E-state index contributed by atoms with van der Waals surface area (Å²) < 4.78 is 30.6. The van der Waals surface area contributed by atoms with Gasteiger partial charge in [-0.1, -0.05) is 23.2 Å². The maximum atomic E-state index is 12.6. The minimum atomic E-state index is -3.04. The average molecular weight is 444 g/mol. The zero-order chi connectivity index (χ0) is 20.6. The van der Waals surface area contributed by atoms with Crippen LogP contribution in [-0.2, 0) is 14.6 Å². The Morgan fingerprint density at radius 2 is 1.89 bits per heavy atom. The Kier molecular flexibility index (Phi) is 5.89. The highest BCUT2D eigenvalue weighted by atomic mass is 35.5. The molecule has 2 aromatic rings. The van der Waals surface area contributed by atoms with E-state index in [9.17, 15) is 18.0 Å². The number of sulfone groups is 1. The highest BCUT2D eigenvalue weighted by molar-refractivity contribution is 7.91. The molecule has 1 aliphatic rings. The van der Waals surface area contributed by atoms with Gasteiger partial charge in [0.25, 0.3) is 0 Å². The van der Waals surface area contributed by atoms with Crippen LogP contribution in [0.15, 0.2) is 24.3 Å². The summed E-state index contributed by atoms with van der Waals surface area (Å²) in [6, 6.07) is 5.85. The third-order valence-corrected chi connectivity index (χ3v) is 7.34. The van der Waals surface area contributed by atoms with Crippen LogP contribution in [-0.4, -0.2) is 42.9 Å². The number of ketones is 1. The van der Waals surface area contributed by atoms with Crippen LogP contribution in [0.25, 0.3) is 0 Å². The minimum absolute atomic E-state index is 0.0727. The molecule has 0 aliphatic carbocycles. The second kappa shape index (κ2) is 7.89. The van der Waals surface area contributed by atoms with E-state index in [1.54, 1.807) is 13.0 Å². The molecule has 3 rings (SSSR count). The molecule has 1 aromatic heterocycles. The summed E-state index contributed by atoms with van der Waals surface area (Å²) in [7, 11) is -3.04. The van der Waals surface area contributed by atoms with Crippen molar-refractivity contribution in [2.75, 3.05) is 18.1 Å². The van der Waals surface area contributed by atoms with E-state index >= 15 is 0 Å². The zero-order valence-corrected chi connectivity index (χ0v) is 17.7. The number of aromatic nitrogens is 1. The predicted molar refractivity (Wildman–Crippen MR) is 107 cm³/mol. The fourth-order valence-corrected chi connectivity index (χ4v) is 5.51. The summed E-state index contributed by atoms with van der Waals surface area (Å²) >= 11 is 11.7. The smallest absolute Gasteiger partial charge is 0.338 e. The average Bonchev–Trinajstić information content (AvgIpc) is 3.13. The SMILES string of the molecule is Cc1cc(C(=O)COC(=O)c2ccc(Cl)c(Cl)c2)c(C)n1C1CCS(=O)(=O)C1. The Morgan fingerprint density at radius 3 is 2.50 bits per heavy atom. The van der Waals surface area contributed by atoms with E-state index in [1.807, 2.05) is 11.5 Å². The monoisotopic (exact) mass is 443 g/mol. The fourth-order valence-electron chi connectivity index (χ4n) is 3.52. The molecule has 150 valence electrons. The molecular weight excluding hydrogens is 425 g/mol. The molecule has 0 saturated carbocycles. The number of benzene rings is 1. The largest absolute Gasteiger partial charge is 0.454 e. The van der Waals surface area contributed by atoms with E-state index in [1.165, 1.54) is 18.2 Å². The van der Waals surface area contributed by atoms with Crippen molar-refractivity contribution in [1.29, 1.82) is 0 Å². The summed E-state index contributed by atoms with van der Waals surface area (Å²) in [5.41, 5.74) is 2.10. The standard InChI is InChI=1S/C19H19Cl2NO5S/c1-11-7-15(12(2)22(11)14-5-6-28(25,26)10-14)18(23)9-27-19(24)13-3-4-16(20)17(21)8-13/h3-4,7-8,14H,5-6,9-10H2,1-2H3. The maximum absolute atomic E-state index is 12.6. The van der Waals surface area contributed by atoms with Crippen molar-refractivity contribution in [2.45, 2.75) is 26.3 Å². The molecule has 1 saturated heterocycles. The van der Waals surface area contributed by atoms with Crippen LogP contribution in [0.2, 0.25) is 10.0 Å². The van der Waals surface area contributed by atoms with E-state index in [0.29, 0.717) is 22.7 Å². The number of rotatable bonds is 5. The zero-order valence-electron chi connectivity index (χ0n) is 15.4. The van der Waals surface area contributed by atoms with Crippen molar-refractivity contribution in [1.82, 2.24) is 4.57 Å². The molecule has 0 amide bonds. The second-order valence-electron chi connectivity index (χ2n) is 6.84. The van der Waals surface area contributed by atoms with Gasteiger partial charge in [-0.3, -0.25) is 4.79 Å². The highest BCUT2D eigenvalue weighted by Gasteiger charge is 2.31. The molecular formula is C19H19Cl2NO5S. The normalized spacial score (nSPS) is 18.2. The molecule has 0 N–H and O–H groups in total. The molecule has 1 atom stereocenters. The van der Waals surface area contributed by atoms with Gasteiger partial charge in [-0.05, 0) is 44.5 Å². The van der Waals surface area contributed by atoms with E-state index in [4.69, 9.17) is 27.9 Å². The number of Topliss-reactive ketones (excluding diaryl/α,β-unsaturated/α-hetero) is 1. The van der Waals surface area contributed by atoms with Crippen molar-refractivity contribution >= 4 is 44.8 Å². The van der Waals surface area contributed by atoms with Crippen LogP contribution >= 0.6 is 23.2 Å². The van der Waals surface area contributed by atoms with Crippen LogP contribution in [0, 0.1) is 13.8 Å². The summed E-state index contributed by atoms with van der Waals surface area (Å²) in [5, 5.41) is 0.535. The third kappa shape index (κ3) is 4.26. The van der Waals surface area contributed by atoms with Crippen molar-refractivity contribution < 1.29 is 22.7 Å². The summed E-state index contributed by atoms with van der Waals surface area (Å²) in [6.07, 6.45) is 0.526. The molecule has 1 aromatic carbocycles. The van der Waals surface area contributed by atoms with Crippen molar-refractivity contribution in [3.63, 3.8) is 0 Å². The lowest BCUT2D eigenvalue weighted by Crippen LogP contribution is -2.17. The summed E-state index contributed by atoms with van der Waals surface area (Å²) in [5.74, 6) is -0.806. The van der Waals surface area contributed by atoms with Gasteiger partial charge in [0.1, 0.15) is 0 Å². The first-order chi connectivity index (χ1) is 13.1. The van der Waals surface area contributed by atoms with E-state index in [2.05, 4.69) is 0 Å². The predicted octanol–water partition coefficient (Wildman–Crippen LogP) is 3.81. The topological polar surface area (TPSA) is 82.4 Å². The Bertz CT molecular complexity index is 1060. The number of hydrogen-bond donors (Lipinski definition) is 0. The second-order valence-corrected chi connectivity index (χ2v) is 9.88. The molecule has 1 aliphatic heterocycles. The maximum Gasteiger partial charge on any atom is 0.338 e. The van der Waals surface area contributed by atoms with Crippen LogP contribution in [0.5, 0.6) is 0 Å². The number of carbonyl (C=O) groups excluding carboxylic acids is 2. The Labute approximate surface area is 173 Å². The van der Waals surface area contributed by atoms with Crippen LogP contribution in [0.3, 0.4) is 0 Å². The van der Waals surface area contributed by atoms with Gasteiger partial charge in [0.2, 0.25) is 5.78 Å². The number of hydrogen-bond acceptors (Lipinski definition) is 5. The number of halogens is 2. The highest BCUT2D eigenvalue weighted by Crippen LogP contribution is 2.29. The number of ether oxygens (including phenoxy) is 1. The van der Waals surface area contributed by atoms with Crippen LogP contribution in [0.4, 0.5) is 0 Å². The lowest BCUT2D eigenvalue weighted by molar-refractivity contribution is 0.0474. The van der Waals surface area contributed by atoms with Crippen molar-refractivity contribution in [2.24, 2.45) is 0 Å². The van der Waals surface area contributed by atoms with Crippen molar-refractivity contribution in [3.05, 3.63) is 56.8 Å². The lowest BCUT2D eigenvalue weighted by Gasteiger charge is -2.16. The first-order valence-electron chi connectivity index (χ1n) is 8.63. The van der Waals surface area contributed by atoms with E-state index < -0.39 is 22.4 Å². The lowest BCUT2D eigenvalue weighted by atomic mass is 10.1. The van der Waals surface area contributed by atoms with Crippen LogP contribution < -0.4 is 0 Å². The fraction of sp³-hybridized carbons (Fsp3) is 0.368. The molecule has 0 spiro atoms. The van der Waals surface area contributed by atoms with Crippen molar-refractivity contribution in [3.8, 4) is 0 Å². The summed E-state index contributed by atoms with van der Waals surface area (Å²) in [4.78, 5) is 24.7. The number of carbonyl (C=O) groups is 2. The number of aryl methyl sites for hydroxylation is 1. The summed E-state index contributed by atoms with van der Waals surface area (Å²) in [6.45, 7) is 3.18. The minimum Gasteiger partial charge on any atom is -0.454 e. The molecule has 0 radical (unpaired) electrons. The molecule has 1 unspecified atom stereocenters. The van der Waals surface area contributed by atoms with Gasteiger partial charge >= 0.3 is 5.97 Å². The number of esters is 1. The molecule has 9 heteroatoms. The Balaban J connectivity index is 1.72. The quantitative estimate of drug-likeness (QED) is 0.518. The van der Waals surface area contributed by atoms with Gasteiger partial charge in [0, 0.05) is 23.0 Å². The van der Waals surface area contributed by atoms with Gasteiger partial charge in [-0.15, -0.1) is 0 Å². The molecule has 6 nitrogen and oxygen atoms in total. The molecule has 0 bridgehead atoms. The number of nitrogens with zero attached hydrogens (tertiary/aromatic N) is 1. The van der Waals surface area contributed by atoms with Crippen LogP contribution in [0.1, 0.15) is 44.6 Å². The van der Waals surface area contributed by atoms with Gasteiger partial charge in [-0.25, -0.2) is 13.2 Å². The first kappa shape index (κ1) is 20.9. The van der Waals surface area contributed by atoms with Gasteiger partial charge in [0.05, 0.1) is 27.1 Å². The molecule has 28 heavy (non-hydrogen) atoms. The van der Waals surface area contributed by atoms with E-state index in [0.717, 1.165) is 5.69 Å².